The molecule has 0 bridgehead atoms. The van der Waals surface area contributed by atoms with Crippen molar-refractivity contribution in [3.05, 3.63) is 0 Å². The van der Waals surface area contributed by atoms with Crippen molar-refractivity contribution in [3.8, 4) is 18.0 Å². The second-order valence-corrected chi connectivity index (χ2v) is 6.80. The molecule has 1 aromatic rings. The molecule has 138 valence electrons. The van der Waals surface area contributed by atoms with E-state index in [1.165, 1.54) is 0 Å². The first-order valence-electron chi connectivity index (χ1n) is 9.15. The van der Waals surface area contributed by atoms with Crippen LogP contribution >= 0.6 is 0 Å². The highest BCUT2D eigenvalue weighted by molar-refractivity contribution is 5.09. The summed E-state index contributed by atoms with van der Waals surface area (Å²) in [5, 5.41) is 0. The normalized spacial score (nSPS) is 11.1. The number of rotatable bonds is 13. The Morgan fingerprint density at radius 1 is 0.667 bits per heavy atom. The Balaban J connectivity index is 2.62. The molecule has 0 amide bonds. The van der Waals surface area contributed by atoms with E-state index in [4.69, 9.17) is 14.2 Å². The molecule has 6 heteroatoms. The van der Waals surface area contributed by atoms with Crippen LogP contribution in [0.3, 0.4) is 0 Å². The Hall–Kier alpha value is -1.59. The van der Waals surface area contributed by atoms with Gasteiger partial charge in [0.05, 0.1) is 19.8 Å². The van der Waals surface area contributed by atoms with E-state index in [-0.39, 0.29) is 18.0 Å². The second-order valence-electron chi connectivity index (χ2n) is 6.80. The Kier molecular flexibility index (Phi) is 10.1. The molecule has 0 saturated carbocycles. The maximum Gasteiger partial charge on any atom is 0.325 e. The summed E-state index contributed by atoms with van der Waals surface area (Å²) in [6.07, 6.45) is 5.05. The number of ether oxygens (including phenoxy) is 3. The topological polar surface area (TPSA) is 66.4 Å². The average Bonchev–Trinajstić information content (AvgIpc) is 2.51. The molecular formula is C18H33N3O3. The van der Waals surface area contributed by atoms with Crippen molar-refractivity contribution in [1.82, 2.24) is 15.0 Å². The minimum atomic E-state index is 0.274. The third-order valence-electron chi connectivity index (χ3n) is 3.39. The van der Waals surface area contributed by atoms with E-state index in [2.05, 4.69) is 49.6 Å². The van der Waals surface area contributed by atoms with Crippen LogP contribution in [0.2, 0.25) is 0 Å². The highest BCUT2D eigenvalue weighted by atomic mass is 16.5. The molecule has 0 aliphatic carbocycles. The van der Waals surface area contributed by atoms with Gasteiger partial charge in [-0.25, -0.2) is 0 Å². The highest BCUT2D eigenvalue weighted by Gasteiger charge is 2.10. The van der Waals surface area contributed by atoms with Crippen LogP contribution < -0.4 is 14.2 Å². The van der Waals surface area contributed by atoms with Gasteiger partial charge in [-0.15, -0.1) is 15.0 Å². The SMILES string of the molecule is CCCCOc1nc(OCCCC(C)C)nc(OCCC(C)C)n1. The van der Waals surface area contributed by atoms with Crippen molar-refractivity contribution in [2.45, 2.75) is 66.7 Å². The van der Waals surface area contributed by atoms with Gasteiger partial charge in [0.25, 0.3) is 0 Å². The predicted octanol–water partition coefficient (Wildman–Crippen LogP) is 4.29. The zero-order chi connectivity index (χ0) is 17.8. The van der Waals surface area contributed by atoms with Crippen molar-refractivity contribution >= 4 is 0 Å². The molecule has 0 fully saturated rings. The van der Waals surface area contributed by atoms with Gasteiger partial charge in [0.2, 0.25) is 0 Å². The van der Waals surface area contributed by atoms with Gasteiger partial charge in [0.15, 0.2) is 0 Å². The minimum absolute atomic E-state index is 0.274. The van der Waals surface area contributed by atoms with Crippen LogP contribution in [0.25, 0.3) is 0 Å². The number of unbranched alkanes of at least 4 members (excludes halogenated alkanes) is 1. The lowest BCUT2D eigenvalue weighted by molar-refractivity contribution is 0.223. The molecule has 0 unspecified atom stereocenters. The molecular weight excluding hydrogens is 306 g/mol. The van der Waals surface area contributed by atoms with Gasteiger partial charge in [-0.05, 0) is 37.5 Å². The fraction of sp³-hybridized carbons (Fsp3) is 0.833. The Morgan fingerprint density at radius 2 is 1.12 bits per heavy atom. The summed E-state index contributed by atoms with van der Waals surface area (Å²) in [4.78, 5) is 12.7. The molecule has 6 nitrogen and oxygen atoms in total. The number of nitrogens with zero attached hydrogens (tertiary/aromatic N) is 3. The Morgan fingerprint density at radius 3 is 1.58 bits per heavy atom. The molecule has 0 saturated heterocycles. The van der Waals surface area contributed by atoms with Gasteiger partial charge >= 0.3 is 18.0 Å². The molecule has 0 radical (unpaired) electrons. The predicted molar refractivity (Wildman–Crippen MR) is 94.7 cm³/mol. The first-order valence-corrected chi connectivity index (χ1v) is 9.15. The summed E-state index contributed by atoms with van der Waals surface area (Å²) in [5.74, 6) is 1.23. The largest absolute Gasteiger partial charge is 0.463 e. The van der Waals surface area contributed by atoms with Gasteiger partial charge < -0.3 is 14.2 Å². The van der Waals surface area contributed by atoms with E-state index in [0.717, 1.165) is 32.1 Å². The number of hydrogen-bond acceptors (Lipinski definition) is 6. The standard InChI is InChI=1S/C18H33N3O3/c1-6-7-11-22-16-19-17(23-12-8-9-14(2)3)21-18(20-16)24-13-10-15(4)5/h14-15H,6-13H2,1-5H3. The smallest absolute Gasteiger partial charge is 0.325 e. The third-order valence-corrected chi connectivity index (χ3v) is 3.39. The van der Waals surface area contributed by atoms with Gasteiger partial charge in [-0.3, -0.25) is 0 Å². The van der Waals surface area contributed by atoms with Gasteiger partial charge in [0, 0.05) is 0 Å². The summed E-state index contributed by atoms with van der Waals surface area (Å²) in [5.41, 5.74) is 0. The summed E-state index contributed by atoms with van der Waals surface area (Å²) in [6, 6.07) is 0.827. The lowest BCUT2D eigenvalue weighted by Crippen LogP contribution is -2.10. The fourth-order valence-corrected chi connectivity index (χ4v) is 1.86. The first-order chi connectivity index (χ1) is 11.5. The van der Waals surface area contributed by atoms with E-state index in [0.29, 0.717) is 31.7 Å². The van der Waals surface area contributed by atoms with Crippen molar-refractivity contribution in [2.75, 3.05) is 19.8 Å². The maximum absolute atomic E-state index is 5.65. The summed E-state index contributed by atoms with van der Waals surface area (Å²) in [6.45, 7) is 12.6. The van der Waals surface area contributed by atoms with E-state index < -0.39 is 0 Å². The van der Waals surface area contributed by atoms with Crippen molar-refractivity contribution < 1.29 is 14.2 Å². The molecule has 0 atom stereocenters. The van der Waals surface area contributed by atoms with Gasteiger partial charge in [-0.2, -0.15) is 0 Å². The molecule has 1 rings (SSSR count). The monoisotopic (exact) mass is 339 g/mol. The van der Waals surface area contributed by atoms with E-state index in [1.807, 2.05) is 0 Å². The van der Waals surface area contributed by atoms with E-state index in [1.54, 1.807) is 0 Å². The van der Waals surface area contributed by atoms with Crippen LogP contribution in [0.5, 0.6) is 18.0 Å². The quantitative estimate of drug-likeness (QED) is 0.499. The first kappa shape index (κ1) is 20.5. The molecule has 1 aromatic heterocycles. The van der Waals surface area contributed by atoms with Crippen LogP contribution in [0.1, 0.15) is 66.7 Å². The van der Waals surface area contributed by atoms with Crippen LogP contribution in [0.15, 0.2) is 0 Å². The van der Waals surface area contributed by atoms with E-state index in [9.17, 15) is 0 Å². The molecule has 0 N–H and O–H groups in total. The molecule has 0 aliphatic heterocycles. The minimum Gasteiger partial charge on any atom is -0.463 e. The summed E-state index contributed by atoms with van der Waals surface area (Å²) >= 11 is 0. The number of hydrogen-bond donors (Lipinski definition) is 0. The Labute approximate surface area is 146 Å². The van der Waals surface area contributed by atoms with Gasteiger partial charge in [-0.1, -0.05) is 41.0 Å². The molecule has 24 heavy (non-hydrogen) atoms. The van der Waals surface area contributed by atoms with Crippen molar-refractivity contribution in [3.63, 3.8) is 0 Å². The zero-order valence-electron chi connectivity index (χ0n) is 15.9. The number of aromatic nitrogens is 3. The van der Waals surface area contributed by atoms with E-state index >= 15 is 0 Å². The Bertz CT molecular complexity index is 453. The van der Waals surface area contributed by atoms with Crippen molar-refractivity contribution in [2.24, 2.45) is 11.8 Å². The highest BCUT2D eigenvalue weighted by Crippen LogP contribution is 2.16. The molecule has 1 heterocycles. The van der Waals surface area contributed by atoms with Crippen LogP contribution in [-0.4, -0.2) is 34.8 Å². The fourth-order valence-electron chi connectivity index (χ4n) is 1.86. The molecule has 0 aromatic carbocycles. The van der Waals surface area contributed by atoms with Gasteiger partial charge in [0.1, 0.15) is 0 Å². The molecule has 0 aliphatic rings. The lowest BCUT2D eigenvalue weighted by Gasteiger charge is -2.11. The summed E-state index contributed by atoms with van der Waals surface area (Å²) in [7, 11) is 0. The second kappa shape index (κ2) is 11.9. The lowest BCUT2D eigenvalue weighted by atomic mass is 10.1. The third kappa shape index (κ3) is 9.53. The van der Waals surface area contributed by atoms with Crippen LogP contribution in [-0.2, 0) is 0 Å². The zero-order valence-corrected chi connectivity index (χ0v) is 15.9. The maximum atomic E-state index is 5.65. The van der Waals surface area contributed by atoms with Crippen molar-refractivity contribution in [1.29, 1.82) is 0 Å². The van der Waals surface area contributed by atoms with Crippen LogP contribution in [0.4, 0.5) is 0 Å². The van der Waals surface area contributed by atoms with Crippen LogP contribution in [0, 0.1) is 11.8 Å². The molecule has 0 spiro atoms. The summed E-state index contributed by atoms with van der Waals surface area (Å²) < 4.78 is 16.9. The average molecular weight is 339 g/mol.